The first-order chi connectivity index (χ1) is 10.1. The monoisotopic (exact) mass is 297 g/mol. The zero-order chi connectivity index (χ0) is 15.7. The fraction of sp³-hybridized carbons (Fsp3) is 0.533. The van der Waals surface area contributed by atoms with Crippen LogP contribution in [0.5, 0.6) is 5.75 Å². The van der Waals surface area contributed by atoms with Crippen LogP contribution in [0.1, 0.15) is 30.1 Å². The Morgan fingerprint density at radius 2 is 1.71 bits per heavy atom. The van der Waals surface area contributed by atoms with Crippen LogP contribution in [-0.4, -0.2) is 53.2 Å². The fourth-order valence-electron chi connectivity index (χ4n) is 1.62. The first kappa shape index (κ1) is 17.4. The molecule has 0 aliphatic rings. The van der Waals surface area contributed by atoms with Gasteiger partial charge in [0.2, 0.25) is 0 Å². The molecule has 0 heterocycles. The number of carbonyl (C=O) groups is 1. The van der Waals surface area contributed by atoms with Gasteiger partial charge in [0.15, 0.2) is 0 Å². The number of nitrogens with one attached hydrogen (secondary N) is 1. The van der Waals surface area contributed by atoms with Crippen LogP contribution in [0.2, 0.25) is 0 Å². The van der Waals surface area contributed by atoms with Gasteiger partial charge in [-0.25, -0.2) is 0 Å². The maximum Gasteiger partial charge on any atom is 0.251 e. The number of ether oxygens (including phenoxy) is 1. The number of hydrogen-bond acceptors (Lipinski definition) is 5. The SMILES string of the molecule is CCCCOc1ccc(C(=O)NC(CO)(CO)CO)cc1. The van der Waals surface area contributed by atoms with Crippen molar-refractivity contribution in [2.24, 2.45) is 0 Å². The molecule has 1 amide bonds. The Hall–Kier alpha value is -1.63. The van der Waals surface area contributed by atoms with Gasteiger partial charge in [0.05, 0.1) is 26.4 Å². The highest BCUT2D eigenvalue weighted by atomic mass is 16.5. The molecule has 1 aromatic carbocycles. The average molecular weight is 297 g/mol. The molecule has 0 fully saturated rings. The zero-order valence-electron chi connectivity index (χ0n) is 12.2. The minimum Gasteiger partial charge on any atom is -0.494 e. The average Bonchev–Trinajstić information content (AvgIpc) is 2.53. The van der Waals surface area contributed by atoms with E-state index in [1.54, 1.807) is 24.3 Å². The first-order valence-corrected chi connectivity index (χ1v) is 6.98. The topological polar surface area (TPSA) is 99.0 Å². The van der Waals surface area contributed by atoms with Crippen molar-refractivity contribution < 1.29 is 24.9 Å². The molecule has 0 aromatic heterocycles. The number of unbranched alkanes of at least 4 members (excludes halogenated alkanes) is 1. The third-order valence-corrected chi connectivity index (χ3v) is 3.17. The van der Waals surface area contributed by atoms with E-state index in [4.69, 9.17) is 4.74 Å². The zero-order valence-corrected chi connectivity index (χ0v) is 12.2. The Morgan fingerprint density at radius 1 is 1.14 bits per heavy atom. The molecule has 6 heteroatoms. The Kier molecular flexibility index (Phi) is 7.14. The van der Waals surface area contributed by atoms with Crippen LogP contribution in [0.4, 0.5) is 0 Å². The summed E-state index contributed by atoms with van der Waals surface area (Å²) < 4.78 is 5.49. The lowest BCUT2D eigenvalue weighted by Crippen LogP contribution is -2.57. The maximum absolute atomic E-state index is 12.0. The second-order valence-corrected chi connectivity index (χ2v) is 4.94. The summed E-state index contributed by atoms with van der Waals surface area (Å²) in [6.45, 7) is 1.05. The third-order valence-electron chi connectivity index (χ3n) is 3.17. The summed E-state index contributed by atoms with van der Waals surface area (Å²) in [4.78, 5) is 12.0. The first-order valence-electron chi connectivity index (χ1n) is 6.98. The summed E-state index contributed by atoms with van der Waals surface area (Å²) in [6.07, 6.45) is 2.01. The Morgan fingerprint density at radius 3 is 2.19 bits per heavy atom. The van der Waals surface area contributed by atoms with Crippen molar-refractivity contribution in [2.75, 3.05) is 26.4 Å². The molecular formula is C15H23NO5. The molecule has 6 nitrogen and oxygen atoms in total. The fourth-order valence-corrected chi connectivity index (χ4v) is 1.62. The van der Waals surface area contributed by atoms with Gasteiger partial charge in [-0.1, -0.05) is 13.3 Å². The van der Waals surface area contributed by atoms with Crippen LogP contribution in [0.25, 0.3) is 0 Å². The summed E-state index contributed by atoms with van der Waals surface area (Å²) in [5, 5.41) is 30.0. The second kappa shape index (κ2) is 8.61. The number of aliphatic hydroxyl groups excluding tert-OH is 3. The molecule has 0 aliphatic carbocycles. The Balaban J connectivity index is 2.66. The Labute approximate surface area is 124 Å². The number of carbonyl (C=O) groups excluding carboxylic acids is 1. The van der Waals surface area contributed by atoms with Gasteiger partial charge in [-0.15, -0.1) is 0 Å². The van der Waals surface area contributed by atoms with Gasteiger partial charge in [-0.05, 0) is 30.7 Å². The molecule has 118 valence electrons. The van der Waals surface area contributed by atoms with Gasteiger partial charge in [0.1, 0.15) is 11.3 Å². The molecule has 0 bridgehead atoms. The van der Waals surface area contributed by atoms with Crippen LogP contribution in [0.3, 0.4) is 0 Å². The highest BCUT2D eigenvalue weighted by molar-refractivity contribution is 5.94. The van der Waals surface area contributed by atoms with E-state index < -0.39 is 31.3 Å². The molecule has 0 atom stereocenters. The van der Waals surface area contributed by atoms with E-state index >= 15 is 0 Å². The lowest BCUT2D eigenvalue weighted by molar-refractivity contribution is 0.0375. The standard InChI is InChI=1S/C15H23NO5/c1-2-3-8-21-13-6-4-12(5-7-13)14(20)16-15(9-17,10-18)11-19/h4-7,17-19H,2-3,8-11H2,1H3,(H,16,20). The van der Waals surface area contributed by atoms with Crippen LogP contribution in [0, 0.1) is 0 Å². The number of rotatable bonds is 9. The maximum atomic E-state index is 12.0. The molecule has 21 heavy (non-hydrogen) atoms. The number of amides is 1. The summed E-state index contributed by atoms with van der Waals surface area (Å²) in [5.41, 5.74) is -1.06. The van der Waals surface area contributed by atoms with E-state index in [1.807, 2.05) is 0 Å². The van der Waals surface area contributed by atoms with Crippen molar-refractivity contribution in [3.8, 4) is 5.75 Å². The van der Waals surface area contributed by atoms with Crippen molar-refractivity contribution in [1.82, 2.24) is 5.32 Å². The van der Waals surface area contributed by atoms with Crippen molar-refractivity contribution in [3.05, 3.63) is 29.8 Å². The van der Waals surface area contributed by atoms with Crippen molar-refractivity contribution >= 4 is 5.91 Å². The summed E-state index contributed by atoms with van der Waals surface area (Å²) in [5.74, 6) is 0.199. The van der Waals surface area contributed by atoms with Crippen LogP contribution in [-0.2, 0) is 0 Å². The number of aliphatic hydroxyl groups is 3. The summed E-state index contributed by atoms with van der Waals surface area (Å²) in [7, 11) is 0. The van der Waals surface area contributed by atoms with E-state index in [0.717, 1.165) is 12.8 Å². The smallest absolute Gasteiger partial charge is 0.251 e. The molecule has 0 unspecified atom stereocenters. The lowest BCUT2D eigenvalue weighted by Gasteiger charge is -2.28. The normalized spacial score (nSPS) is 11.2. The van der Waals surface area contributed by atoms with Crippen LogP contribution in [0.15, 0.2) is 24.3 Å². The molecule has 4 N–H and O–H groups in total. The third kappa shape index (κ3) is 5.00. The molecule has 1 aromatic rings. The Bertz CT molecular complexity index is 420. The highest BCUT2D eigenvalue weighted by Gasteiger charge is 2.30. The quantitative estimate of drug-likeness (QED) is 0.492. The van der Waals surface area contributed by atoms with Crippen LogP contribution >= 0.6 is 0 Å². The predicted molar refractivity (Wildman–Crippen MR) is 78.3 cm³/mol. The second-order valence-electron chi connectivity index (χ2n) is 4.94. The molecule has 0 saturated carbocycles. The van der Waals surface area contributed by atoms with E-state index in [-0.39, 0.29) is 0 Å². The molecule has 0 radical (unpaired) electrons. The van der Waals surface area contributed by atoms with Gasteiger partial charge in [0.25, 0.3) is 5.91 Å². The van der Waals surface area contributed by atoms with Gasteiger partial charge in [-0.3, -0.25) is 4.79 Å². The van der Waals surface area contributed by atoms with E-state index in [1.165, 1.54) is 0 Å². The summed E-state index contributed by atoms with van der Waals surface area (Å²) >= 11 is 0. The summed E-state index contributed by atoms with van der Waals surface area (Å²) in [6, 6.07) is 6.55. The molecule has 0 spiro atoms. The van der Waals surface area contributed by atoms with Crippen molar-refractivity contribution in [3.63, 3.8) is 0 Å². The van der Waals surface area contributed by atoms with E-state index in [9.17, 15) is 20.1 Å². The predicted octanol–water partition coefficient (Wildman–Crippen LogP) is 0.311. The molecule has 1 rings (SSSR count). The van der Waals surface area contributed by atoms with Crippen LogP contribution < -0.4 is 10.1 Å². The van der Waals surface area contributed by atoms with E-state index in [2.05, 4.69) is 12.2 Å². The van der Waals surface area contributed by atoms with Crippen molar-refractivity contribution in [1.29, 1.82) is 0 Å². The largest absolute Gasteiger partial charge is 0.494 e. The van der Waals surface area contributed by atoms with Crippen molar-refractivity contribution in [2.45, 2.75) is 25.3 Å². The molecular weight excluding hydrogens is 274 g/mol. The van der Waals surface area contributed by atoms with Gasteiger partial charge >= 0.3 is 0 Å². The van der Waals surface area contributed by atoms with Gasteiger partial charge in [-0.2, -0.15) is 0 Å². The van der Waals surface area contributed by atoms with Gasteiger partial charge < -0.3 is 25.4 Å². The lowest BCUT2D eigenvalue weighted by atomic mass is 10.0. The van der Waals surface area contributed by atoms with E-state index in [0.29, 0.717) is 17.9 Å². The number of hydrogen-bond donors (Lipinski definition) is 4. The highest BCUT2D eigenvalue weighted by Crippen LogP contribution is 2.13. The minimum atomic E-state index is -1.42. The minimum absolute atomic E-state index is 0.359. The molecule has 0 saturated heterocycles. The number of benzene rings is 1. The molecule has 0 aliphatic heterocycles. The van der Waals surface area contributed by atoms with Gasteiger partial charge in [0, 0.05) is 5.56 Å².